The number of hydrogen-bond acceptors (Lipinski definition) is 19. The number of morpholine rings is 1. The van der Waals surface area contributed by atoms with Gasteiger partial charge in [0.1, 0.15) is 53.5 Å². The molecule has 4 aliphatic rings. The second-order valence-corrected chi connectivity index (χ2v) is 27.4. The summed E-state index contributed by atoms with van der Waals surface area (Å²) in [5.41, 5.74) is -1.05. The number of carbonyl (C=O) groups is 8. The van der Waals surface area contributed by atoms with Crippen LogP contribution in [0.25, 0.3) is 0 Å². The predicted octanol–water partition coefficient (Wildman–Crippen LogP) is 6.80. The molecule has 2 fully saturated rings. The van der Waals surface area contributed by atoms with Gasteiger partial charge < -0.3 is 79.7 Å². The van der Waals surface area contributed by atoms with E-state index in [2.05, 4.69) is 58.4 Å². The van der Waals surface area contributed by atoms with Crippen molar-refractivity contribution in [3.63, 3.8) is 0 Å². The zero-order valence-electron chi connectivity index (χ0n) is 56.2. The second kappa shape index (κ2) is 37.1. The summed E-state index contributed by atoms with van der Waals surface area (Å²) >= 11 is 13.6. The highest BCUT2D eigenvalue weighted by Gasteiger charge is 2.49. The second-order valence-electron chi connectivity index (χ2n) is 25.7. The number of amides is 6. The molecule has 5 rings (SSSR count). The van der Waals surface area contributed by atoms with E-state index in [1.807, 2.05) is 24.0 Å². The number of aliphatic hydroxyl groups is 3. The van der Waals surface area contributed by atoms with Crippen molar-refractivity contribution in [2.45, 2.75) is 187 Å². The summed E-state index contributed by atoms with van der Waals surface area (Å²) in [5.74, 6) is -4.16. The van der Waals surface area contributed by atoms with Gasteiger partial charge in [-0.25, -0.2) is 9.59 Å². The number of carbonyl (C=O) groups excluding carboxylic acids is 8. The minimum Gasteiger partial charge on any atom is -0.495 e. The first-order valence-corrected chi connectivity index (χ1v) is 34.7. The largest absolute Gasteiger partial charge is 0.495 e. The average molecular weight is 1470 g/mol. The molecule has 11 atom stereocenters. The van der Waals surface area contributed by atoms with Gasteiger partial charge in [0.25, 0.3) is 5.91 Å². The number of unbranched alkanes of at least 4 members (excludes halogenated alkanes) is 1. The predicted molar refractivity (Wildman–Crippen MR) is 361 cm³/mol. The van der Waals surface area contributed by atoms with E-state index >= 15 is 0 Å². The number of halogens is 3. The van der Waals surface area contributed by atoms with Crippen LogP contribution < -0.4 is 31.5 Å². The summed E-state index contributed by atoms with van der Waals surface area (Å²) in [7, 11) is 5.95. The Balaban J connectivity index is 1.39. The number of rotatable bonds is 26. The number of benzene rings is 1. The van der Waals surface area contributed by atoms with Crippen molar-refractivity contribution in [3.8, 4) is 0 Å². The van der Waals surface area contributed by atoms with E-state index in [0.717, 1.165) is 5.57 Å². The molecule has 6 amide bonds. The third-order valence-corrected chi connectivity index (χ3v) is 19.7. The SMILES string of the molecule is COC1=CC2CC(=C1Cl)N(C)C(O)C[C@H](OC(=O)[C@H](C)N(C)C(=O)c1ccc(NC(=O)[C@H](CCCNC(C)=O)NC(=O)[C@@H](NC(=O)CCCCC(C)OC(=O)C(CBr)CBr)C(C)C)c(N3CCOCC3)c1)C(C)(C)[C@@H](O)C[C@@H]1C[C@@](O)(NC(=O)O1)[C@H](OC)/C=C/C=C(\C)C2. The molecule has 1 aromatic carbocycles. The maximum absolute atomic E-state index is 14.7. The minimum atomic E-state index is -1.96. The summed E-state index contributed by atoms with van der Waals surface area (Å²) in [6, 6.07) is 1.15. The van der Waals surface area contributed by atoms with Crippen molar-refractivity contribution >= 4 is 102 Å². The lowest BCUT2D eigenvalue weighted by Gasteiger charge is -2.44. The van der Waals surface area contributed by atoms with E-state index in [1.54, 1.807) is 70.9 Å². The summed E-state index contributed by atoms with van der Waals surface area (Å²) < 4.78 is 34.6. The molecule has 28 heteroatoms. The molecule has 3 unspecified atom stereocenters. The molecule has 8 N–H and O–H groups in total. The Morgan fingerprint density at radius 2 is 1.63 bits per heavy atom. The first-order chi connectivity index (χ1) is 44.4. The Hall–Kier alpha value is -5.81. The first-order valence-electron chi connectivity index (χ1n) is 32.1. The highest BCUT2D eigenvalue weighted by Crippen LogP contribution is 2.41. The Bertz CT molecular complexity index is 2920. The zero-order valence-corrected chi connectivity index (χ0v) is 60.2. The van der Waals surface area contributed by atoms with Gasteiger partial charge in [0, 0.05) is 101 Å². The highest BCUT2D eigenvalue weighted by molar-refractivity contribution is 9.09. The number of alkyl carbamates (subject to hydrolysis) is 1. The maximum Gasteiger partial charge on any atom is 0.409 e. The molecular formula is C66H99Br2ClN8O17. The van der Waals surface area contributed by atoms with Crippen molar-refractivity contribution in [1.29, 1.82) is 0 Å². The molecule has 0 aromatic heterocycles. The molecule has 526 valence electrons. The molecule has 0 radical (unpaired) electrons. The van der Waals surface area contributed by atoms with Crippen LogP contribution in [0.2, 0.25) is 0 Å². The van der Waals surface area contributed by atoms with Gasteiger partial charge in [-0.2, -0.15) is 0 Å². The molecule has 3 aliphatic heterocycles. The topological polar surface area (TPSA) is 322 Å². The maximum atomic E-state index is 14.7. The van der Waals surface area contributed by atoms with Crippen molar-refractivity contribution in [2.75, 3.05) is 82.0 Å². The fourth-order valence-corrected chi connectivity index (χ4v) is 13.5. The Kier molecular flexibility index (Phi) is 31.1. The summed E-state index contributed by atoms with van der Waals surface area (Å²) in [4.78, 5) is 113. The standard InChI is InChI=1S/C66H99Br2ClN8O17/c1-38(2)58(73-55(80)21-14-13-18-40(4)92-63(86)45(36-67)37-68)60(83)72-48(19-16-24-70-42(6)78)59(82)71-47-23-22-44(32-49(47)77-25-27-91-28-26-77)61(84)75(9)41(5)62(85)94-54-34-56(81)76(10)50-30-43(31-51(89-11)57(50)69)29-39(3)17-15-20-53(90-12)66(88)35-46(93-64(87)74-66)33-52(79)65(54,7)8/h15,17,20,22-23,31-32,38,40-41,43,45-46,48,52-54,56,58,79,81,88H,13-14,16,18-19,21,24-30,33-37H2,1-12H3,(H,70,78)(H,71,82)(H,72,83)(H,73,80)(H,74,87)/b20-15+,39-17+/t40?,41-,43?,46+,48-,52-,53+,54-,56?,58-,66-/m0/s1. The number of anilines is 2. The van der Waals surface area contributed by atoms with Crippen LogP contribution in [0.15, 0.2) is 64.6 Å². The molecule has 94 heavy (non-hydrogen) atoms. The smallest absolute Gasteiger partial charge is 0.409 e. The van der Waals surface area contributed by atoms with Gasteiger partial charge in [-0.05, 0) is 102 Å². The molecule has 2 saturated heterocycles. The summed E-state index contributed by atoms with van der Waals surface area (Å²) in [6.45, 7) is 15.0. The Morgan fingerprint density at radius 3 is 2.27 bits per heavy atom. The van der Waals surface area contributed by atoms with E-state index in [4.69, 9.17) is 40.0 Å². The van der Waals surface area contributed by atoms with Crippen LogP contribution in [0.5, 0.6) is 0 Å². The molecule has 1 aliphatic carbocycles. The van der Waals surface area contributed by atoms with Gasteiger partial charge in [-0.1, -0.05) is 95.0 Å². The quantitative estimate of drug-likeness (QED) is 0.0205. The molecule has 25 nitrogen and oxygen atoms in total. The monoisotopic (exact) mass is 1470 g/mol. The van der Waals surface area contributed by atoms with E-state index < -0.39 is 95.6 Å². The lowest BCUT2D eigenvalue weighted by Crippen LogP contribution is -2.63. The number of fused-ring (bicyclic) bond motifs is 4. The van der Waals surface area contributed by atoms with Crippen LogP contribution in [0.4, 0.5) is 16.2 Å². The number of aliphatic hydroxyl groups excluding tert-OH is 2. The third-order valence-electron chi connectivity index (χ3n) is 17.7. The third kappa shape index (κ3) is 22.4. The van der Waals surface area contributed by atoms with Gasteiger partial charge in [0.2, 0.25) is 23.6 Å². The fourth-order valence-electron chi connectivity index (χ4n) is 11.5. The average Bonchev–Trinajstić information content (AvgIpc) is 0.896. The van der Waals surface area contributed by atoms with Crippen LogP contribution in [0.1, 0.15) is 136 Å². The van der Waals surface area contributed by atoms with Crippen LogP contribution in [0.3, 0.4) is 0 Å². The molecule has 0 spiro atoms. The van der Waals surface area contributed by atoms with Crippen molar-refractivity contribution < 1.29 is 82.1 Å². The van der Waals surface area contributed by atoms with E-state index in [-0.39, 0.29) is 97.1 Å². The fraction of sp³-hybridized carbons (Fsp3) is 0.667. The molecule has 3 heterocycles. The number of esters is 2. The first kappa shape index (κ1) is 78.9. The number of hydrogen-bond donors (Lipinski definition) is 8. The van der Waals surface area contributed by atoms with E-state index in [0.29, 0.717) is 86.2 Å². The van der Waals surface area contributed by atoms with E-state index in [9.17, 15) is 53.7 Å². The van der Waals surface area contributed by atoms with Crippen LogP contribution in [-0.4, -0.2) is 205 Å². The van der Waals surface area contributed by atoms with Crippen molar-refractivity contribution in [2.24, 2.45) is 23.2 Å². The number of alkyl halides is 2. The lowest BCUT2D eigenvalue weighted by molar-refractivity contribution is -0.174. The van der Waals surface area contributed by atoms with Gasteiger partial charge in [0.05, 0.1) is 49.8 Å². The number of allylic oxidation sites excluding steroid dienone is 6. The van der Waals surface area contributed by atoms with Gasteiger partial charge >= 0.3 is 18.0 Å². The van der Waals surface area contributed by atoms with Crippen molar-refractivity contribution in [3.05, 3.63) is 70.1 Å². The van der Waals surface area contributed by atoms with Gasteiger partial charge in [0.15, 0.2) is 5.72 Å². The number of methoxy groups -OCH3 is 2. The zero-order chi connectivity index (χ0) is 69.8. The minimum absolute atomic E-state index is 0.0863. The summed E-state index contributed by atoms with van der Waals surface area (Å²) in [5, 5.41) is 51.4. The number of nitrogens with zero attached hydrogens (tertiary/aromatic N) is 3. The van der Waals surface area contributed by atoms with Gasteiger partial charge in [-0.3, -0.25) is 34.1 Å². The van der Waals surface area contributed by atoms with Crippen molar-refractivity contribution in [1.82, 2.24) is 31.1 Å². The number of nitrogens with one attached hydrogen (secondary N) is 5. The Labute approximate surface area is 574 Å². The van der Waals surface area contributed by atoms with E-state index in [1.165, 1.54) is 46.1 Å². The van der Waals surface area contributed by atoms with Gasteiger partial charge in [-0.15, -0.1) is 0 Å². The molecule has 1 aromatic rings. The molecule has 4 bridgehead atoms. The highest BCUT2D eigenvalue weighted by atomic mass is 79.9. The number of ether oxygens (including phenoxy) is 6. The Morgan fingerprint density at radius 1 is 0.936 bits per heavy atom. The molecular weight excluding hydrogens is 1370 g/mol. The normalized spacial score (nSPS) is 25.0. The number of likely N-dealkylation sites (N-methyl/N-ethyl adjacent to an activating group) is 1. The van der Waals surface area contributed by atoms with Crippen LogP contribution in [0, 0.1) is 23.2 Å². The molecule has 0 saturated carbocycles. The van der Waals surface area contributed by atoms with Crippen LogP contribution in [-0.2, 0) is 57.2 Å². The lowest BCUT2D eigenvalue weighted by atomic mass is 9.76. The summed E-state index contributed by atoms with van der Waals surface area (Å²) in [6.07, 6.45) is 1.84. The van der Waals surface area contributed by atoms with Crippen LogP contribution >= 0.6 is 43.5 Å².